The van der Waals surface area contributed by atoms with E-state index in [-0.39, 0.29) is 11.3 Å². The number of nitrogens with one attached hydrogen (secondary N) is 2. The van der Waals surface area contributed by atoms with Crippen molar-refractivity contribution in [1.29, 1.82) is 0 Å². The summed E-state index contributed by atoms with van der Waals surface area (Å²) >= 11 is 2.24. The lowest BCUT2D eigenvalue weighted by molar-refractivity contribution is 0.0928. The highest BCUT2D eigenvalue weighted by Crippen LogP contribution is 2.29. The van der Waals surface area contributed by atoms with E-state index >= 15 is 0 Å². The van der Waals surface area contributed by atoms with E-state index in [1.54, 1.807) is 0 Å². The summed E-state index contributed by atoms with van der Waals surface area (Å²) in [6, 6.07) is 6.21. The van der Waals surface area contributed by atoms with Crippen LogP contribution >= 0.6 is 22.6 Å². The van der Waals surface area contributed by atoms with E-state index in [0.29, 0.717) is 12.6 Å². The Balaban J connectivity index is 2.00. The first kappa shape index (κ1) is 15.8. The Kier molecular flexibility index (Phi) is 5.07. The third kappa shape index (κ3) is 3.52. The first-order chi connectivity index (χ1) is 9.42. The third-order valence-electron chi connectivity index (χ3n) is 4.24. The Morgan fingerprint density at radius 2 is 2.25 bits per heavy atom. The first-order valence-corrected chi connectivity index (χ1v) is 8.26. The van der Waals surface area contributed by atoms with Crippen LogP contribution in [0.4, 0.5) is 0 Å². The summed E-state index contributed by atoms with van der Waals surface area (Å²) in [5.74, 6) is 0.0290. The number of amides is 1. The highest BCUT2D eigenvalue weighted by molar-refractivity contribution is 14.1. The van der Waals surface area contributed by atoms with Crippen LogP contribution in [-0.4, -0.2) is 25.0 Å². The van der Waals surface area contributed by atoms with Gasteiger partial charge in [-0.1, -0.05) is 26.0 Å². The monoisotopic (exact) mass is 386 g/mol. The molecule has 4 heteroatoms. The largest absolute Gasteiger partial charge is 0.350 e. The highest BCUT2D eigenvalue weighted by Gasteiger charge is 2.32. The molecule has 0 aromatic heterocycles. The number of rotatable bonds is 3. The molecule has 1 aromatic carbocycles. The van der Waals surface area contributed by atoms with E-state index in [0.717, 1.165) is 21.2 Å². The molecule has 110 valence electrons. The van der Waals surface area contributed by atoms with Crippen LogP contribution in [0, 0.1) is 15.9 Å². The molecule has 1 amide bonds. The number of carbonyl (C=O) groups is 1. The second-order valence-corrected chi connectivity index (χ2v) is 7.32. The molecule has 1 aliphatic rings. The molecule has 1 atom stereocenters. The predicted molar refractivity (Wildman–Crippen MR) is 91.0 cm³/mol. The van der Waals surface area contributed by atoms with E-state index in [1.807, 2.05) is 25.1 Å². The smallest absolute Gasteiger partial charge is 0.252 e. The lowest BCUT2D eigenvalue weighted by Gasteiger charge is -2.39. The quantitative estimate of drug-likeness (QED) is 0.784. The Hall–Kier alpha value is -0.620. The van der Waals surface area contributed by atoms with Crippen molar-refractivity contribution in [2.75, 3.05) is 13.1 Å². The topological polar surface area (TPSA) is 41.1 Å². The molecule has 1 unspecified atom stereocenters. The molecule has 0 spiro atoms. The molecular weight excluding hydrogens is 363 g/mol. The maximum absolute atomic E-state index is 12.3. The minimum absolute atomic E-state index is 0.0290. The van der Waals surface area contributed by atoms with E-state index in [2.05, 4.69) is 47.1 Å². The Labute approximate surface area is 135 Å². The Morgan fingerprint density at radius 3 is 2.95 bits per heavy atom. The predicted octanol–water partition coefficient (Wildman–Crippen LogP) is 3.11. The number of halogens is 1. The van der Waals surface area contributed by atoms with Crippen molar-refractivity contribution < 1.29 is 4.79 Å². The summed E-state index contributed by atoms with van der Waals surface area (Å²) in [6.45, 7) is 8.31. The van der Waals surface area contributed by atoms with Crippen LogP contribution in [0.25, 0.3) is 0 Å². The molecule has 1 heterocycles. The van der Waals surface area contributed by atoms with Gasteiger partial charge in [0.15, 0.2) is 0 Å². The van der Waals surface area contributed by atoms with Gasteiger partial charge in [0.1, 0.15) is 0 Å². The standard InChI is InChI=1S/C16H23IN2O/c1-11-6-4-7-12(14(11)17)15(20)19-10-13-16(2,3)8-5-9-18-13/h4,6-7,13,18H,5,8-10H2,1-3H3,(H,19,20). The van der Waals surface area contributed by atoms with Crippen molar-refractivity contribution >= 4 is 28.5 Å². The van der Waals surface area contributed by atoms with E-state index in [9.17, 15) is 4.79 Å². The van der Waals surface area contributed by atoms with Gasteiger partial charge in [0.25, 0.3) is 5.91 Å². The summed E-state index contributed by atoms with van der Waals surface area (Å²) in [5.41, 5.74) is 2.17. The number of hydrogen-bond donors (Lipinski definition) is 2. The summed E-state index contributed by atoms with van der Waals surface area (Å²) in [7, 11) is 0. The van der Waals surface area contributed by atoms with Crippen molar-refractivity contribution in [2.24, 2.45) is 5.41 Å². The van der Waals surface area contributed by atoms with Gasteiger partial charge < -0.3 is 10.6 Å². The second kappa shape index (κ2) is 6.43. The van der Waals surface area contributed by atoms with Gasteiger partial charge in [0.2, 0.25) is 0 Å². The van der Waals surface area contributed by atoms with Crippen LogP contribution in [0.2, 0.25) is 0 Å². The van der Waals surface area contributed by atoms with Gasteiger partial charge >= 0.3 is 0 Å². The van der Waals surface area contributed by atoms with Crippen molar-refractivity contribution in [2.45, 2.75) is 39.7 Å². The maximum Gasteiger partial charge on any atom is 0.252 e. The molecule has 0 bridgehead atoms. The van der Waals surface area contributed by atoms with Gasteiger partial charge in [-0.2, -0.15) is 0 Å². The van der Waals surface area contributed by atoms with Crippen LogP contribution in [0.5, 0.6) is 0 Å². The van der Waals surface area contributed by atoms with Crippen molar-refractivity contribution in [3.63, 3.8) is 0 Å². The molecule has 1 fully saturated rings. The van der Waals surface area contributed by atoms with Crippen molar-refractivity contribution in [1.82, 2.24) is 10.6 Å². The maximum atomic E-state index is 12.3. The summed E-state index contributed by atoms with van der Waals surface area (Å²) in [6.07, 6.45) is 2.43. The van der Waals surface area contributed by atoms with E-state index < -0.39 is 0 Å². The fourth-order valence-corrected chi connectivity index (χ4v) is 3.34. The minimum Gasteiger partial charge on any atom is -0.350 e. The van der Waals surface area contributed by atoms with Gasteiger partial charge in [-0.05, 0) is 65.9 Å². The molecule has 2 N–H and O–H groups in total. The molecule has 1 aliphatic heterocycles. The lowest BCUT2D eigenvalue weighted by Crippen LogP contribution is -2.52. The fraction of sp³-hybridized carbons (Fsp3) is 0.562. The van der Waals surface area contributed by atoms with Gasteiger partial charge in [-0.25, -0.2) is 0 Å². The Bertz CT molecular complexity index is 499. The highest BCUT2D eigenvalue weighted by atomic mass is 127. The zero-order valence-corrected chi connectivity index (χ0v) is 14.6. The molecule has 1 aromatic rings. The molecule has 20 heavy (non-hydrogen) atoms. The van der Waals surface area contributed by atoms with Crippen LogP contribution in [-0.2, 0) is 0 Å². The van der Waals surface area contributed by atoms with Crippen molar-refractivity contribution in [3.8, 4) is 0 Å². The molecule has 2 rings (SSSR count). The lowest BCUT2D eigenvalue weighted by atomic mass is 9.77. The Morgan fingerprint density at radius 1 is 1.50 bits per heavy atom. The number of aryl methyl sites for hydroxylation is 1. The average Bonchev–Trinajstić information content (AvgIpc) is 2.40. The van der Waals surface area contributed by atoms with E-state index in [1.165, 1.54) is 12.8 Å². The molecule has 0 saturated carbocycles. The van der Waals surface area contributed by atoms with Gasteiger partial charge in [0, 0.05) is 16.2 Å². The summed E-state index contributed by atoms with van der Waals surface area (Å²) < 4.78 is 1.04. The fourth-order valence-electron chi connectivity index (χ4n) is 2.73. The molecular formula is C16H23IN2O. The number of hydrogen-bond acceptors (Lipinski definition) is 2. The van der Waals surface area contributed by atoms with Gasteiger partial charge in [-0.15, -0.1) is 0 Å². The van der Waals surface area contributed by atoms with Crippen molar-refractivity contribution in [3.05, 3.63) is 32.9 Å². The van der Waals surface area contributed by atoms with Crippen LogP contribution in [0.1, 0.15) is 42.6 Å². The second-order valence-electron chi connectivity index (χ2n) is 6.25. The van der Waals surface area contributed by atoms with Crippen LogP contribution in [0.3, 0.4) is 0 Å². The zero-order chi connectivity index (χ0) is 14.8. The van der Waals surface area contributed by atoms with Gasteiger partial charge in [0.05, 0.1) is 5.56 Å². The van der Waals surface area contributed by atoms with Gasteiger partial charge in [-0.3, -0.25) is 4.79 Å². The third-order valence-corrected chi connectivity index (χ3v) is 5.67. The number of carbonyl (C=O) groups excluding carboxylic acids is 1. The normalized spacial score (nSPS) is 21.5. The minimum atomic E-state index is 0.0290. The van der Waals surface area contributed by atoms with Crippen LogP contribution in [0.15, 0.2) is 18.2 Å². The average molecular weight is 386 g/mol. The zero-order valence-electron chi connectivity index (χ0n) is 12.4. The molecule has 1 saturated heterocycles. The number of piperidine rings is 1. The molecule has 0 aliphatic carbocycles. The molecule has 3 nitrogen and oxygen atoms in total. The summed E-state index contributed by atoms with van der Waals surface area (Å²) in [4.78, 5) is 12.3. The SMILES string of the molecule is Cc1cccc(C(=O)NCC2NCCCC2(C)C)c1I. The number of benzene rings is 1. The van der Waals surface area contributed by atoms with E-state index in [4.69, 9.17) is 0 Å². The molecule has 0 radical (unpaired) electrons. The summed E-state index contributed by atoms with van der Waals surface area (Å²) in [5, 5.41) is 6.61. The first-order valence-electron chi connectivity index (χ1n) is 7.18. The van der Waals surface area contributed by atoms with Crippen LogP contribution < -0.4 is 10.6 Å².